The molecule has 1 aromatic carbocycles. The van der Waals surface area contributed by atoms with Crippen LogP contribution in [0.3, 0.4) is 0 Å². The van der Waals surface area contributed by atoms with E-state index in [2.05, 4.69) is 5.32 Å². The van der Waals surface area contributed by atoms with E-state index >= 15 is 0 Å². The summed E-state index contributed by atoms with van der Waals surface area (Å²) >= 11 is 1.58. The van der Waals surface area contributed by atoms with Crippen LogP contribution in [-0.4, -0.2) is 16.9 Å². The van der Waals surface area contributed by atoms with Gasteiger partial charge in [0, 0.05) is 22.5 Å². The van der Waals surface area contributed by atoms with Crippen molar-refractivity contribution in [2.45, 2.75) is 65.5 Å². The highest BCUT2D eigenvalue weighted by Crippen LogP contribution is 2.28. The van der Waals surface area contributed by atoms with E-state index in [-0.39, 0.29) is 11.7 Å². The number of nitrogens with one attached hydrogen (secondary N) is 1. The molecule has 0 spiro atoms. The Hall–Kier alpha value is -1.95. The minimum absolute atomic E-state index is 0.0103. The Morgan fingerprint density at radius 1 is 1.22 bits per heavy atom. The molecule has 1 aromatic heterocycles. The van der Waals surface area contributed by atoms with Crippen LogP contribution in [-0.2, 0) is 11.3 Å². The number of nitrogens with zero attached hydrogens (tertiary/aromatic N) is 2. The maximum atomic E-state index is 13.3. The lowest BCUT2D eigenvalue weighted by Crippen LogP contribution is -2.39. The zero-order valence-electron chi connectivity index (χ0n) is 16.3. The zero-order valence-corrected chi connectivity index (χ0v) is 17.1. The number of aromatic nitrogens is 1. The molecule has 4 nitrogen and oxygen atoms in total. The van der Waals surface area contributed by atoms with Gasteiger partial charge < -0.3 is 10.2 Å². The highest BCUT2D eigenvalue weighted by molar-refractivity contribution is 7.13. The fourth-order valence-corrected chi connectivity index (χ4v) is 4.12. The van der Waals surface area contributed by atoms with E-state index in [0.29, 0.717) is 18.3 Å². The number of hydrogen-bond acceptors (Lipinski definition) is 4. The number of rotatable bonds is 5. The summed E-state index contributed by atoms with van der Waals surface area (Å²) in [5.74, 6) is -0.321. The van der Waals surface area contributed by atoms with Crippen molar-refractivity contribution >= 4 is 28.1 Å². The van der Waals surface area contributed by atoms with Crippen molar-refractivity contribution in [3.05, 3.63) is 41.2 Å². The number of halogens is 1. The van der Waals surface area contributed by atoms with Crippen molar-refractivity contribution in [3.8, 4) is 0 Å². The van der Waals surface area contributed by atoms with E-state index in [1.54, 1.807) is 28.4 Å². The monoisotopic (exact) mass is 389 g/mol. The van der Waals surface area contributed by atoms with Crippen LogP contribution in [0.4, 0.5) is 15.2 Å². The third-order valence-electron chi connectivity index (χ3n) is 4.83. The van der Waals surface area contributed by atoms with E-state index < -0.39 is 5.41 Å². The number of thiazole rings is 1. The third-order valence-corrected chi connectivity index (χ3v) is 5.65. The van der Waals surface area contributed by atoms with Gasteiger partial charge in [-0.2, -0.15) is 0 Å². The Bertz CT molecular complexity index is 760. The summed E-state index contributed by atoms with van der Waals surface area (Å²) in [4.78, 5) is 19.4. The van der Waals surface area contributed by atoms with E-state index in [9.17, 15) is 9.18 Å². The second kappa shape index (κ2) is 8.38. The van der Waals surface area contributed by atoms with Gasteiger partial charge in [0.2, 0.25) is 5.91 Å². The number of amides is 1. The van der Waals surface area contributed by atoms with E-state index in [0.717, 1.165) is 10.8 Å². The van der Waals surface area contributed by atoms with E-state index in [1.165, 1.54) is 44.2 Å². The Balaban J connectivity index is 1.75. The summed E-state index contributed by atoms with van der Waals surface area (Å²) in [6.07, 6.45) is 6.25. The topological polar surface area (TPSA) is 45.2 Å². The predicted molar refractivity (Wildman–Crippen MR) is 110 cm³/mol. The summed E-state index contributed by atoms with van der Waals surface area (Å²) in [5, 5.41) is 6.45. The fourth-order valence-electron chi connectivity index (χ4n) is 3.34. The maximum Gasteiger partial charge on any atom is 0.232 e. The summed E-state index contributed by atoms with van der Waals surface area (Å²) in [5.41, 5.74) is 1.000. The van der Waals surface area contributed by atoms with Gasteiger partial charge in [-0.1, -0.05) is 40.0 Å². The van der Waals surface area contributed by atoms with Crippen molar-refractivity contribution in [2.24, 2.45) is 5.41 Å². The molecule has 146 valence electrons. The van der Waals surface area contributed by atoms with Crippen LogP contribution < -0.4 is 10.2 Å². The Labute approximate surface area is 164 Å². The standard InChI is InChI=1S/C21H28FN3OS/c1-21(2,3)19(26)25(18-11-9-15(22)10-12-18)13-17-14-27-20(24-17)23-16-7-5-4-6-8-16/h9-12,14,16H,4-8,13H2,1-3H3,(H,23,24). The second-order valence-electron chi connectivity index (χ2n) is 8.24. The Morgan fingerprint density at radius 3 is 2.52 bits per heavy atom. The summed E-state index contributed by atoms with van der Waals surface area (Å²) in [7, 11) is 0. The normalized spacial score (nSPS) is 15.6. The Kier molecular flexibility index (Phi) is 6.15. The largest absolute Gasteiger partial charge is 0.359 e. The number of benzene rings is 1. The molecule has 1 aliphatic carbocycles. The molecule has 27 heavy (non-hydrogen) atoms. The number of carbonyl (C=O) groups is 1. The van der Waals surface area contributed by atoms with Gasteiger partial charge in [0.05, 0.1) is 12.2 Å². The van der Waals surface area contributed by atoms with E-state index in [4.69, 9.17) is 4.98 Å². The highest BCUT2D eigenvalue weighted by Gasteiger charge is 2.29. The molecule has 0 bridgehead atoms. The fraction of sp³-hybridized carbons (Fsp3) is 0.524. The van der Waals surface area contributed by atoms with Crippen molar-refractivity contribution in [3.63, 3.8) is 0 Å². The van der Waals surface area contributed by atoms with Crippen molar-refractivity contribution in [2.75, 3.05) is 10.2 Å². The molecular formula is C21H28FN3OS. The molecular weight excluding hydrogens is 361 g/mol. The molecule has 1 aliphatic rings. The number of carbonyl (C=O) groups excluding carboxylic acids is 1. The van der Waals surface area contributed by atoms with Gasteiger partial charge in [-0.05, 0) is 37.1 Å². The molecule has 3 rings (SSSR count). The van der Waals surface area contributed by atoms with Crippen LogP contribution in [0.2, 0.25) is 0 Å². The van der Waals surface area contributed by atoms with Gasteiger partial charge in [-0.3, -0.25) is 4.79 Å². The van der Waals surface area contributed by atoms with Gasteiger partial charge in [0.1, 0.15) is 5.82 Å². The molecule has 0 atom stereocenters. The molecule has 1 fully saturated rings. The average Bonchev–Trinajstić information content (AvgIpc) is 3.07. The molecule has 0 radical (unpaired) electrons. The van der Waals surface area contributed by atoms with Crippen molar-refractivity contribution < 1.29 is 9.18 Å². The first-order chi connectivity index (χ1) is 12.8. The molecule has 6 heteroatoms. The lowest BCUT2D eigenvalue weighted by atomic mass is 9.94. The zero-order chi connectivity index (χ0) is 19.4. The molecule has 0 aliphatic heterocycles. The first-order valence-electron chi connectivity index (χ1n) is 9.61. The summed E-state index contributed by atoms with van der Waals surface area (Å²) in [6, 6.07) is 6.56. The van der Waals surface area contributed by atoms with Gasteiger partial charge in [0.15, 0.2) is 5.13 Å². The van der Waals surface area contributed by atoms with Crippen LogP contribution in [0.1, 0.15) is 58.6 Å². The minimum Gasteiger partial charge on any atom is -0.359 e. The second-order valence-corrected chi connectivity index (χ2v) is 9.10. The lowest BCUT2D eigenvalue weighted by Gasteiger charge is -2.29. The molecule has 1 saturated carbocycles. The molecule has 2 aromatic rings. The smallest absolute Gasteiger partial charge is 0.232 e. The predicted octanol–water partition coefficient (Wildman–Crippen LogP) is 5.61. The van der Waals surface area contributed by atoms with Crippen LogP contribution in [0.5, 0.6) is 0 Å². The SMILES string of the molecule is CC(C)(C)C(=O)N(Cc1csc(NC2CCCCC2)n1)c1ccc(F)cc1. The average molecular weight is 390 g/mol. The molecule has 1 N–H and O–H groups in total. The van der Waals surface area contributed by atoms with E-state index in [1.807, 2.05) is 26.2 Å². The lowest BCUT2D eigenvalue weighted by molar-refractivity contribution is -0.125. The van der Waals surface area contributed by atoms with Gasteiger partial charge >= 0.3 is 0 Å². The first-order valence-corrected chi connectivity index (χ1v) is 10.5. The first kappa shape index (κ1) is 19.8. The third kappa shape index (κ3) is 5.28. The summed E-state index contributed by atoms with van der Waals surface area (Å²) < 4.78 is 13.3. The van der Waals surface area contributed by atoms with Gasteiger partial charge in [-0.25, -0.2) is 9.37 Å². The minimum atomic E-state index is -0.534. The van der Waals surface area contributed by atoms with Crippen molar-refractivity contribution in [1.29, 1.82) is 0 Å². The van der Waals surface area contributed by atoms with Crippen LogP contribution in [0.15, 0.2) is 29.6 Å². The molecule has 1 amide bonds. The quantitative estimate of drug-likeness (QED) is 0.723. The maximum absolute atomic E-state index is 13.3. The Morgan fingerprint density at radius 2 is 1.89 bits per heavy atom. The summed E-state index contributed by atoms with van der Waals surface area (Å²) in [6.45, 7) is 6.06. The molecule has 0 unspecified atom stereocenters. The van der Waals surface area contributed by atoms with Crippen LogP contribution >= 0.6 is 11.3 Å². The number of hydrogen-bond donors (Lipinski definition) is 1. The van der Waals surface area contributed by atoms with Gasteiger partial charge in [0.25, 0.3) is 0 Å². The number of anilines is 2. The highest BCUT2D eigenvalue weighted by atomic mass is 32.1. The van der Waals surface area contributed by atoms with Crippen LogP contribution in [0, 0.1) is 11.2 Å². The van der Waals surface area contributed by atoms with Crippen molar-refractivity contribution in [1.82, 2.24) is 4.98 Å². The molecule has 0 saturated heterocycles. The van der Waals surface area contributed by atoms with Crippen LogP contribution in [0.25, 0.3) is 0 Å². The van der Waals surface area contributed by atoms with Gasteiger partial charge in [-0.15, -0.1) is 11.3 Å². The molecule has 1 heterocycles.